The van der Waals surface area contributed by atoms with Crippen LogP contribution in [0.4, 0.5) is 0 Å². The van der Waals surface area contributed by atoms with E-state index >= 15 is 0 Å². The van der Waals surface area contributed by atoms with Gasteiger partial charge >= 0.3 is 0 Å². The van der Waals surface area contributed by atoms with Crippen molar-refractivity contribution in [3.63, 3.8) is 0 Å². The van der Waals surface area contributed by atoms with Crippen LogP contribution in [0.5, 0.6) is 0 Å². The fourth-order valence-corrected chi connectivity index (χ4v) is 7.60. The van der Waals surface area contributed by atoms with Crippen molar-refractivity contribution in [1.29, 1.82) is 0 Å². The molecule has 0 saturated carbocycles. The van der Waals surface area contributed by atoms with Gasteiger partial charge in [0.25, 0.3) is 0 Å². The summed E-state index contributed by atoms with van der Waals surface area (Å²) in [5.74, 6) is 0.233. The standard InChI is InChI=1S/C38H24N4/c1-2-10-26(11-3-1)41-29-13-5-4-12-27(29)35-32(41)22-40-37-36-31(14-7-21-39-36)42(38(35)37)30-20-18-25-16-15-23-8-6-9-24-17-19-28(30)34(25)33(23)24/h1-8,10-22,34H,9H2. The van der Waals surface area contributed by atoms with Crippen LogP contribution in [-0.2, 0) is 0 Å². The molecule has 196 valence electrons. The molecule has 1 unspecified atom stereocenters. The lowest BCUT2D eigenvalue weighted by molar-refractivity contribution is 0.826. The van der Waals surface area contributed by atoms with Crippen LogP contribution in [0.25, 0.3) is 55.3 Å². The lowest BCUT2D eigenvalue weighted by Crippen LogP contribution is -2.23. The molecule has 2 aromatic carbocycles. The van der Waals surface area contributed by atoms with Crippen molar-refractivity contribution in [1.82, 2.24) is 19.1 Å². The first kappa shape index (κ1) is 22.2. The summed E-state index contributed by atoms with van der Waals surface area (Å²) >= 11 is 0. The average Bonchev–Trinajstić information content (AvgIpc) is 3.57. The zero-order valence-electron chi connectivity index (χ0n) is 22.7. The molecule has 42 heavy (non-hydrogen) atoms. The van der Waals surface area contributed by atoms with Gasteiger partial charge in [-0.05, 0) is 70.7 Å². The van der Waals surface area contributed by atoms with E-state index in [2.05, 4.69) is 118 Å². The minimum absolute atomic E-state index is 0.233. The number of hydrogen-bond acceptors (Lipinski definition) is 2. The Balaban J connectivity index is 1.36. The molecule has 0 bridgehead atoms. The number of pyridine rings is 2. The highest BCUT2D eigenvalue weighted by Crippen LogP contribution is 2.51. The maximum absolute atomic E-state index is 5.13. The van der Waals surface area contributed by atoms with E-state index in [1.807, 2.05) is 18.5 Å². The number of benzene rings is 2. The van der Waals surface area contributed by atoms with Crippen molar-refractivity contribution in [2.45, 2.75) is 6.42 Å². The van der Waals surface area contributed by atoms with Gasteiger partial charge in [0.15, 0.2) is 0 Å². The predicted octanol–water partition coefficient (Wildman–Crippen LogP) is 8.77. The molecule has 0 aliphatic heterocycles. The largest absolute Gasteiger partial charge is 0.308 e. The fourth-order valence-electron chi connectivity index (χ4n) is 7.60. The van der Waals surface area contributed by atoms with E-state index in [4.69, 9.17) is 9.97 Å². The third-order valence-electron chi connectivity index (χ3n) is 9.29. The van der Waals surface area contributed by atoms with E-state index in [0.29, 0.717) is 0 Å². The Morgan fingerprint density at radius 3 is 2.52 bits per heavy atom. The van der Waals surface area contributed by atoms with Gasteiger partial charge in [-0.25, -0.2) is 0 Å². The summed E-state index contributed by atoms with van der Waals surface area (Å²) in [5, 5.41) is 2.41. The summed E-state index contributed by atoms with van der Waals surface area (Å²) in [7, 11) is 0. The molecule has 6 aromatic rings. The summed E-state index contributed by atoms with van der Waals surface area (Å²) in [4.78, 5) is 10.0. The Morgan fingerprint density at radius 2 is 1.57 bits per heavy atom. The Kier molecular flexibility index (Phi) is 4.26. The molecule has 1 atom stereocenters. The van der Waals surface area contributed by atoms with Crippen LogP contribution in [-0.4, -0.2) is 19.1 Å². The Labute approximate surface area is 241 Å². The number of para-hydroxylation sites is 2. The fraction of sp³-hybridized carbons (Fsp3) is 0.0526. The average molecular weight is 537 g/mol. The Morgan fingerprint density at radius 1 is 0.690 bits per heavy atom. The Bertz CT molecular complexity index is 2420. The van der Waals surface area contributed by atoms with Gasteiger partial charge in [0, 0.05) is 28.6 Å². The zero-order chi connectivity index (χ0) is 27.4. The second-order valence-electron chi connectivity index (χ2n) is 11.4. The number of rotatable bonds is 2. The minimum atomic E-state index is 0.233. The molecule has 0 N–H and O–H groups in total. The van der Waals surface area contributed by atoms with Gasteiger partial charge in [-0.15, -0.1) is 0 Å². The van der Waals surface area contributed by atoms with E-state index in [1.54, 1.807) is 0 Å². The molecule has 0 spiro atoms. The zero-order valence-corrected chi connectivity index (χ0v) is 22.7. The third-order valence-corrected chi connectivity index (χ3v) is 9.29. The lowest BCUT2D eigenvalue weighted by atomic mass is 9.68. The van der Waals surface area contributed by atoms with Crippen molar-refractivity contribution < 1.29 is 0 Å². The summed E-state index contributed by atoms with van der Waals surface area (Å²) in [6.45, 7) is 0. The number of fused-ring (bicyclic) bond motifs is 7. The van der Waals surface area contributed by atoms with Gasteiger partial charge < -0.3 is 9.13 Å². The molecule has 0 fully saturated rings. The van der Waals surface area contributed by atoms with Gasteiger partial charge in [0.2, 0.25) is 0 Å². The predicted molar refractivity (Wildman–Crippen MR) is 171 cm³/mol. The molecule has 4 heteroatoms. The summed E-state index contributed by atoms with van der Waals surface area (Å²) in [6, 6.07) is 23.5. The van der Waals surface area contributed by atoms with Crippen LogP contribution >= 0.6 is 0 Å². The molecular weight excluding hydrogens is 512 g/mol. The number of hydrogen-bond donors (Lipinski definition) is 0. The van der Waals surface area contributed by atoms with Crippen molar-refractivity contribution in [2.75, 3.05) is 0 Å². The molecule has 0 saturated heterocycles. The number of aromatic nitrogens is 4. The van der Waals surface area contributed by atoms with Crippen molar-refractivity contribution in [3.8, 4) is 5.69 Å². The highest BCUT2D eigenvalue weighted by molar-refractivity contribution is 6.24. The quantitative estimate of drug-likeness (QED) is 0.222. The highest BCUT2D eigenvalue weighted by atomic mass is 15.1. The van der Waals surface area contributed by atoms with Crippen LogP contribution in [0.1, 0.15) is 6.42 Å². The van der Waals surface area contributed by atoms with Crippen molar-refractivity contribution in [3.05, 3.63) is 156 Å². The van der Waals surface area contributed by atoms with Crippen LogP contribution in [0.3, 0.4) is 0 Å². The second-order valence-corrected chi connectivity index (χ2v) is 11.4. The summed E-state index contributed by atoms with van der Waals surface area (Å²) in [6.07, 6.45) is 23.3. The smallest absolute Gasteiger partial charge is 0.116 e. The van der Waals surface area contributed by atoms with Crippen LogP contribution in [0.2, 0.25) is 0 Å². The monoisotopic (exact) mass is 536 g/mol. The molecular formula is C38H24N4. The van der Waals surface area contributed by atoms with Gasteiger partial charge in [-0.2, -0.15) is 0 Å². The Hall–Kier alpha value is -5.48. The first-order valence-corrected chi connectivity index (χ1v) is 14.5. The molecule has 4 heterocycles. The van der Waals surface area contributed by atoms with E-state index in [-0.39, 0.29) is 5.92 Å². The summed E-state index contributed by atoms with van der Waals surface area (Å²) in [5.41, 5.74) is 15.5. The topological polar surface area (TPSA) is 35.6 Å². The number of nitrogens with zero attached hydrogens (tertiary/aromatic N) is 4. The molecule has 0 amide bonds. The van der Waals surface area contributed by atoms with Crippen LogP contribution in [0.15, 0.2) is 156 Å². The molecule has 10 rings (SSSR count). The lowest BCUT2D eigenvalue weighted by Gasteiger charge is -2.37. The first-order chi connectivity index (χ1) is 20.9. The maximum Gasteiger partial charge on any atom is 0.116 e. The van der Waals surface area contributed by atoms with E-state index < -0.39 is 0 Å². The SMILES string of the molecule is C1=CC2=C3C(=CC=C4C(n5c6cccnc6c6ncc7c(c8ccccc8n7-c7ccccc7)c65)=CC=C(C=C2)C43)C1. The van der Waals surface area contributed by atoms with E-state index in [0.717, 1.165) is 39.7 Å². The molecule has 4 aliphatic carbocycles. The molecule has 0 radical (unpaired) electrons. The van der Waals surface area contributed by atoms with Crippen LogP contribution in [0, 0.1) is 5.92 Å². The van der Waals surface area contributed by atoms with Crippen molar-refractivity contribution in [2.24, 2.45) is 5.92 Å². The highest BCUT2D eigenvalue weighted by Gasteiger charge is 2.36. The second kappa shape index (κ2) is 8.05. The maximum atomic E-state index is 5.13. The summed E-state index contributed by atoms with van der Waals surface area (Å²) < 4.78 is 4.77. The van der Waals surface area contributed by atoms with Gasteiger partial charge in [0.05, 0.1) is 34.0 Å². The molecule has 4 aromatic heterocycles. The van der Waals surface area contributed by atoms with Crippen LogP contribution < -0.4 is 0 Å². The number of allylic oxidation sites excluding steroid dienone is 14. The van der Waals surface area contributed by atoms with Gasteiger partial charge in [-0.1, -0.05) is 78.9 Å². The molecule has 4 aliphatic rings. The molecule has 4 nitrogen and oxygen atoms in total. The first-order valence-electron chi connectivity index (χ1n) is 14.5. The van der Waals surface area contributed by atoms with Gasteiger partial charge in [0.1, 0.15) is 11.0 Å². The minimum Gasteiger partial charge on any atom is -0.308 e. The van der Waals surface area contributed by atoms with Gasteiger partial charge in [-0.3, -0.25) is 9.97 Å². The third kappa shape index (κ3) is 2.76. The van der Waals surface area contributed by atoms with Crippen molar-refractivity contribution >= 4 is 49.6 Å². The normalized spacial score (nSPS) is 18.9. The van der Waals surface area contributed by atoms with E-state index in [1.165, 1.54) is 49.9 Å². The van der Waals surface area contributed by atoms with E-state index in [9.17, 15) is 0 Å².